The number of halogens is 1. The first-order valence-corrected chi connectivity index (χ1v) is 5.31. The van der Waals surface area contributed by atoms with Gasteiger partial charge in [0.1, 0.15) is 5.75 Å². The first-order valence-electron chi connectivity index (χ1n) is 3.96. The lowest BCUT2D eigenvalue weighted by atomic mass is 10.2. The van der Waals surface area contributed by atoms with Crippen molar-refractivity contribution in [1.82, 2.24) is 0 Å². The van der Waals surface area contributed by atoms with Crippen LogP contribution in [0.1, 0.15) is 4.88 Å². The van der Waals surface area contributed by atoms with Gasteiger partial charge in [0.05, 0.1) is 13.0 Å². The third kappa shape index (κ3) is 1.64. The van der Waals surface area contributed by atoms with Gasteiger partial charge in [-0.25, -0.2) is 0 Å². The van der Waals surface area contributed by atoms with Gasteiger partial charge >= 0.3 is 0 Å². The second-order valence-electron chi connectivity index (χ2n) is 2.75. The first kappa shape index (κ1) is 8.85. The molecule has 3 heteroatoms. The Hall–Kier alpha value is -0.730. The topological polar surface area (TPSA) is 9.23 Å². The highest BCUT2D eigenvalue weighted by Gasteiger charge is 2.01. The van der Waals surface area contributed by atoms with E-state index in [0.717, 1.165) is 5.75 Å². The van der Waals surface area contributed by atoms with Crippen molar-refractivity contribution in [2.75, 3.05) is 7.11 Å². The number of rotatable bonds is 2. The fourth-order valence-corrected chi connectivity index (χ4v) is 2.44. The molecule has 0 atom stereocenters. The average molecular weight is 213 g/mol. The molecule has 1 heterocycles. The van der Waals surface area contributed by atoms with Crippen molar-refractivity contribution in [2.24, 2.45) is 0 Å². The molecule has 0 aliphatic rings. The van der Waals surface area contributed by atoms with Crippen LogP contribution in [0.4, 0.5) is 0 Å². The van der Waals surface area contributed by atoms with Crippen LogP contribution in [0.5, 0.6) is 5.75 Å². The Morgan fingerprint density at radius 2 is 2.23 bits per heavy atom. The van der Waals surface area contributed by atoms with Gasteiger partial charge in [0.2, 0.25) is 0 Å². The molecular formula is C10H9ClOS. The van der Waals surface area contributed by atoms with Gasteiger partial charge in [0.25, 0.3) is 0 Å². The summed E-state index contributed by atoms with van der Waals surface area (Å²) < 4.78 is 6.37. The zero-order valence-corrected chi connectivity index (χ0v) is 8.78. The van der Waals surface area contributed by atoms with Gasteiger partial charge in [-0.05, 0) is 29.7 Å². The third-order valence-electron chi connectivity index (χ3n) is 1.91. The van der Waals surface area contributed by atoms with Gasteiger partial charge < -0.3 is 4.74 Å². The number of benzene rings is 1. The highest BCUT2D eigenvalue weighted by atomic mass is 35.5. The molecule has 0 saturated carbocycles. The van der Waals surface area contributed by atoms with Crippen molar-refractivity contribution >= 4 is 33.0 Å². The van der Waals surface area contributed by atoms with Crippen molar-refractivity contribution in [1.29, 1.82) is 0 Å². The van der Waals surface area contributed by atoms with E-state index in [1.807, 2.05) is 12.1 Å². The van der Waals surface area contributed by atoms with Gasteiger partial charge in [-0.15, -0.1) is 22.9 Å². The SMILES string of the molecule is COc1ccc2cc(CCl)sc2c1. The zero-order valence-electron chi connectivity index (χ0n) is 7.21. The number of ether oxygens (including phenoxy) is 1. The summed E-state index contributed by atoms with van der Waals surface area (Å²) in [5, 5.41) is 1.24. The number of fused-ring (bicyclic) bond motifs is 1. The summed E-state index contributed by atoms with van der Waals surface area (Å²) in [5.41, 5.74) is 0. The van der Waals surface area contributed by atoms with E-state index in [0.29, 0.717) is 5.88 Å². The molecular weight excluding hydrogens is 204 g/mol. The van der Waals surface area contributed by atoms with Crippen molar-refractivity contribution in [3.05, 3.63) is 29.1 Å². The smallest absolute Gasteiger partial charge is 0.120 e. The monoisotopic (exact) mass is 212 g/mol. The zero-order chi connectivity index (χ0) is 9.26. The van der Waals surface area contributed by atoms with Gasteiger partial charge in [-0.3, -0.25) is 0 Å². The molecule has 0 unspecified atom stereocenters. The Morgan fingerprint density at radius 3 is 2.92 bits per heavy atom. The summed E-state index contributed by atoms with van der Waals surface area (Å²) in [6.07, 6.45) is 0. The van der Waals surface area contributed by atoms with Crippen molar-refractivity contribution in [3.8, 4) is 5.75 Å². The van der Waals surface area contributed by atoms with Crippen molar-refractivity contribution in [3.63, 3.8) is 0 Å². The maximum atomic E-state index is 5.75. The number of methoxy groups -OCH3 is 1. The van der Waals surface area contributed by atoms with Crippen LogP contribution in [-0.2, 0) is 5.88 Å². The van der Waals surface area contributed by atoms with E-state index in [4.69, 9.17) is 16.3 Å². The van der Waals surface area contributed by atoms with E-state index in [1.54, 1.807) is 18.4 Å². The Labute approximate surface area is 85.9 Å². The molecule has 2 rings (SSSR count). The highest BCUT2D eigenvalue weighted by Crippen LogP contribution is 2.29. The molecule has 0 N–H and O–H groups in total. The Morgan fingerprint density at radius 1 is 1.38 bits per heavy atom. The van der Waals surface area contributed by atoms with E-state index in [2.05, 4.69) is 12.1 Å². The van der Waals surface area contributed by atoms with E-state index in [9.17, 15) is 0 Å². The third-order valence-corrected chi connectivity index (χ3v) is 3.45. The van der Waals surface area contributed by atoms with E-state index >= 15 is 0 Å². The predicted molar refractivity (Wildman–Crippen MR) is 57.9 cm³/mol. The number of hydrogen-bond acceptors (Lipinski definition) is 2. The minimum Gasteiger partial charge on any atom is -0.497 e. The van der Waals surface area contributed by atoms with Crippen LogP contribution >= 0.6 is 22.9 Å². The summed E-state index contributed by atoms with van der Waals surface area (Å²) in [5.74, 6) is 1.48. The molecule has 0 aliphatic carbocycles. The second kappa shape index (κ2) is 3.56. The summed E-state index contributed by atoms with van der Waals surface area (Å²) in [7, 11) is 1.68. The standard InChI is InChI=1S/C10H9ClOS/c1-12-8-3-2-7-4-9(6-11)13-10(7)5-8/h2-5H,6H2,1H3. The molecule has 1 aromatic heterocycles. The summed E-state index contributed by atoms with van der Waals surface area (Å²) in [6.45, 7) is 0. The molecule has 0 spiro atoms. The lowest BCUT2D eigenvalue weighted by Gasteiger charge is -1.97. The van der Waals surface area contributed by atoms with E-state index < -0.39 is 0 Å². The molecule has 1 aromatic carbocycles. The van der Waals surface area contributed by atoms with Crippen LogP contribution < -0.4 is 4.74 Å². The molecule has 1 nitrogen and oxygen atoms in total. The second-order valence-corrected chi connectivity index (χ2v) is 4.19. The summed E-state index contributed by atoms with van der Waals surface area (Å²) >= 11 is 7.47. The van der Waals surface area contributed by atoms with Crippen molar-refractivity contribution < 1.29 is 4.74 Å². The molecule has 13 heavy (non-hydrogen) atoms. The molecule has 0 aliphatic heterocycles. The van der Waals surface area contributed by atoms with Crippen LogP contribution in [0.2, 0.25) is 0 Å². The van der Waals surface area contributed by atoms with Gasteiger partial charge in [-0.2, -0.15) is 0 Å². The quantitative estimate of drug-likeness (QED) is 0.691. The largest absolute Gasteiger partial charge is 0.497 e. The average Bonchev–Trinajstić information content (AvgIpc) is 2.58. The van der Waals surface area contributed by atoms with Crippen LogP contribution in [0, 0.1) is 0 Å². The summed E-state index contributed by atoms with van der Waals surface area (Å²) in [4.78, 5) is 1.20. The minimum absolute atomic E-state index is 0.585. The van der Waals surface area contributed by atoms with Gasteiger partial charge in [-0.1, -0.05) is 0 Å². The van der Waals surface area contributed by atoms with E-state index in [-0.39, 0.29) is 0 Å². The van der Waals surface area contributed by atoms with Crippen LogP contribution in [-0.4, -0.2) is 7.11 Å². The molecule has 68 valence electrons. The van der Waals surface area contributed by atoms with Crippen LogP contribution in [0.25, 0.3) is 10.1 Å². The Balaban J connectivity index is 2.57. The Bertz CT molecular complexity index is 420. The Kier molecular flexibility index (Phi) is 2.42. The van der Waals surface area contributed by atoms with Crippen LogP contribution in [0.3, 0.4) is 0 Å². The highest BCUT2D eigenvalue weighted by molar-refractivity contribution is 7.19. The van der Waals surface area contributed by atoms with Crippen molar-refractivity contribution in [2.45, 2.75) is 5.88 Å². The predicted octanol–water partition coefficient (Wildman–Crippen LogP) is 3.65. The normalized spacial score (nSPS) is 10.6. The number of alkyl halides is 1. The molecule has 0 bridgehead atoms. The molecule has 0 saturated heterocycles. The summed E-state index contributed by atoms with van der Waals surface area (Å²) in [6, 6.07) is 8.18. The maximum absolute atomic E-state index is 5.75. The first-order chi connectivity index (χ1) is 6.33. The molecule has 0 radical (unpaired) electrons. The lowest BCUT2D eigenvalue weighted by Crippen LogP contribution is -1.79. The van der Waals surface area contributed by atoms with E-state index in [1.165, 1.54) is 15.0 Å². The fraction of sp³-hybridized carbons (Fsp3) is 0.200. The lowest BCUT2D eigenvalue weighted by molar-refractivity contribution is 0.415. The molecule has 2 aromatic rings. The molecule has 0 fully saturated rings. The van der Waals surface area contributed by atoms with Gasteiger partial charge in [0, 0.05) is 9.58 Å². The minimum atomic E-state index is 0.585. The fourth-order valence-electron chi connectivity index (χ4n) is 1.26. The number of thiophene rings is 1. The molecule has 0 amide bonds. The van der Waals surface area contributed by atoms with Gasteiger partial charge in [0.15, 0.2) is 0 Å². The van der Waals surface area contributed by atoms with Crippen LogP contribution in [0.15, 0.2) is 24.3 Å². The number of hydrogen-bond donors (Lipinski definition) is 0. The maximum Gasteiger partial charge on any atom is 0.120 e.